The number of nitrogens with zero attached hydrogens (tertiary/aromatic N) is 2. The van der Waals surface area contributed by atoms with Gasteiger partial charge in [0.15, 0.2) is 0 Å². The van der Waals surface area contributed by atoms with Crippen LogP contribution < -0.4 is 5.32 Å². The van der Waals surface area contributed by atoms with Crippen molar-refractivity contribution in [1.29, 1.82) is 0 Å². The van der Waals surface area contributed by atoms with Crippen molar-refractivity contribution in [2.45, 2.75) is 39.2 Å². The lowest BCUT2D eigenvalue weighted by Gasteiger charge is -2.20. The van der Waals surface area contributed by atoms with Gasteiger partial charge in [0.1, 0.15) is 5.82 Å². The smallest absolute Gasteiger partial charge is 0.128 e. The molecule has 21 heavy (non-hydrogen) atoms. The Morgan fingerprint density at radius 1 is 1.33 bits per heavy atom. The Hall–Kier alpha value is -1.68. The van der Waals surface area contributed by atoms with Crippen LogP contribution in [0.4, 0.5) is 4.39 Å². The zero-order chi connectivity index (χ0) is 15.2. The molecule has 0 aliphatic carbocycles. The molecule has 4 heteroatoms. The standard InChI is InChI=1S/C17H24FN3/c1-4-10-19-17(8-6-14-9-11-20-21(14)3)15-7-5-13(2)12-16(15)18/h5,7,9,11-12,17,19H,4,6,8,10H2,1-3H3. The normalized spacial score (nSPS) is 12.6. The minimum atomic E-state index is -0.117. The van der Waals surface area contributed by atoms with Crippen LogP contribution >= 0.6 is 0 Å². The summed E-state index contributed by atoms with van der Waals surface area (Å²) in [6.45, 7) is 4.93. The van der Waals surface area contributed by atoms with Crippen LogP contribution in [0.25, 0.3) is 0 Å². The van der Waals surface area contributed by atoms with E-state index >= 15 is 0 Å². The van der Waals surface area contributed by atoms with Crippen LogP contribution in [0.1, 0.15) is 42.6 Å². The number of nitrogens with one attached hydrogen (secondary N) is 1. The lowest BCUT2D eigenvalue weighted by Crippen LogP contribution is -2.24. The summed E-state index contributed by atoms with van der Waals surface area (Å²) < 4.78 is 16.1. The molecule has 1 aromatic heterocycles. The number of aromatic nitrogens is 2. The second kappa shape index (κ2) is 7.36. The Bertz CT molecular complexity index is 577. The van der Waals surface area contributed by atoms with Crippen LogP contribution in [0.3, 0.4) is 0 Å². The Morgan fingerprint density at radius 2 is 2.14 bits per heavy atom. The predicted molar refractivity (Wildman–Crippen MR) is 83.7 cm³/mol. The molecule has 0 spiro atoms. The van der Waals surface area contributed by atoms with Crippen molar-refractivity contribution < 1.29 is 4.39 Å². The molecule has 2 rings (SSSR count). The van der Waals surface area contributed by atoms with E-state index in [1.165, 1.54) is 5.69 Å². The van der Waals surface area contributed by atoms with E-state index < -0.39 is 0 Å². The third kappa shape index (κ3) is 4.14. The predicted octanol–water partition coefficient (Wildman–Crippen LogP) is 3.54. The fraction of sp³-hybridized carbons (Fsp3) is 0.471. The van der Waals surface area contributed by atoms with Crippen LogP contribution in [-0.2, 0) is 13.5 Å². The molecule has 114 valence electrons. The van der Waals surface area contributed by atoms with Crippen LogP contribution in [0.2, 0.25) is 0 Å². The molecule has 1 N–H and O–H groups in total. The van der Waals surface area contributed by atoms with Gasteiger partial charge >= 0.3 is 0 Å². The molecule has 2 aromatic rings. The summed E-state index contributed by atoms with van der Waals surface area (Å²) in [5.74, 6) is -0.117. The average molecular weight is 289 g/mol. The Morgan fingerprint density at radius 3 is 2.76 bits per heavy atom. The number of benzene rings is 1. The van der Waals surface area contributed by atoms with E-state index in [1.54, 1.807) is 12.3 Å². The van der Waals surface area contributed by atoms with Crippen molar-refractivity contribution >= 4 is 0 Å². The third-order valence-corrected chi connectivity index (χ3v) is 3.78. The molecule has 1 aromatic carbocycles. The maximum absolute atomic E-state index is 14.2. The lowest BCUT2D eigenvalue weighted by molar-refractivity contribution is 0.468. The van der Waals surface area contributed by atoms with Crippen molar-refractivity contribution in [2.24, 2.45) is 7.05 Å². The molecule has 0 radical (unpaired) electrons. The molecule has 0 saturated heterocycles. The first-order chi connectivity index (χ1) is 10.1. The summed E-state index contributed by atoms with van der Waals surface area (Å²) in [4.78, 5) is 0. The zero-order valence-corrected chi connectivity index (χ0v) is 13.1. The van der Waals surface area contributed by atoms with Crippen LogP contribution in [0.15, 0.2) is 30.5 Å². The molecule has 0 saturated carbocycles. The molecule has 0 amide bonds. The lowest BCUT2D eigenvalue weighted by atomic mass is 9.99. The van der Waals surface area contributed by atoms with Gasteiger partial charge in [0, 0.05) is 30.5 Å². The van der Waals surface area contributed by atoms with Gasteiger partial charge in [0.2, 0.25) is 0 Å². The summed E-state index contributed by atoms with van der Waals surface area (Å²) >= 11 is 0. The molecule has 1 heterocycles. The van der Waals surface area contributed by atoms with Gasteiger partial charge in [-0.25, -0.2) is 4.39 Å². The van der Waals surface area contributed by atoms with Crippen molar-refractivity contribution in [1.82, 2.24) is 15.1 Å². The van der Waals surface area contributed by atoms with Crippen molar-refractivity contribution in [3.8, 4) is 0 Å². The topological polar surface area (TPSA) is 29.9 Å². The number of aryl methyl sites for hydroxylation is 3. The fourth-order valence-corrected chi connectivity index (χ4v) is 2.54. The van der Waals surface area contributed by atoms with E-state index in [9.17, 15) is 4.39 Å². The number of rotatable bonds is 7. The Balaban J connectivity index is 2.12. The maximum Gasteiger partial charge on any atom is 0.128 e. The second-order valence-corrected chi connectivity index (χ2v) is 5.52. The van der Waals surface area contributed by atoms with Gasteiger partial charge in [-0.15, -0.1) is 0 Å². The van der Waals surface area contributed by atoms with Crippen LogP contribution in [0, 0.1) is 12.7 Å². The number of hydrogen-bond acceptors (Lipinski definition) is 2. The van der Waals surface area contributed by atoms with Gasteiger partial charge in [-0.2, -0.15) is 5.10 Å². The molecule has 0 aliphatic heterocycles. The first-order valence-electron chi connectivity index (χ1n) is 7.58. The highest BCUT2D eigenvalue weighted by Gasteiger charge is 2.16. The van der Waals surface area contributed by atoms with Gasteiger partial charge in [-0.1, -0.05) is 19.1 Å². The second-order valence-electron chi connectivity index (χ2n) is 5.52. The highest BCUT2D eigenvalue weighted by molar-refractivity contribution is 5.26. The van der Waals surface area contributed by atoms with Crippen LogP contribution in [-0.4, -0.2) is 16.3 Å². The van der Waals surface area contributed by atoms with E-state index in [-0.39, 0.29) is 11.9 Å². The molecule has 3 nitrogen and oxygen atoms in total. The molecular weight excluding hydrogens is 265 g/mol. The SMILES string of the molecule is CCCNC(CCc1ccnn1C)c1ccc(C)cc1F. The summed E-state index contributed by atoms with van der Waals surface area (Å²) in [6.07, 6.45) is 4.58. The Labute approximate surface area is 126 Å². The van der Waals surface area contributed by atoms with E-state index in [0.717, 1.165) is 36.9 Å². The highest BCUT2D eigenvalue weighted by atomic mass is 19.1. The number of halogens is 1. The van der Waals surface area contributed by atoms with E-state index in [1.807, 2.05) is 36.9 Å². The van der Waals surface area contributed by atoms with E-state index in [0.29, 0.717) is 0 Å². The molecule has 0 bridgehead atoms. The van der Waals surface area contributed by atoms with E-state index in [4.69, 9.17) is 0 Å². The van der Waals surface area contributed by atoms with Gasteiger partial charge < -0.3 is 5.32 Å². The maximum atomic E-state index is 14.2. The first-order valence-corrected chi connectivity index (χ1v) is 7.58. The molecule has 1 unspecified atom stereocenters. The molecule has 0 fully saturated rings. The average Bonchev–Trinajstić information content (AvgIpc) is 2.85. The summed E-state index contributed by atoms with van der Waals surface area (Å²) in [5, 5.41) is 7.64. The van der Waals surface area contributed by atoms with Gasteiger partial charge in [0.05, 0.1) is 0 Å². The molecular formula is C17H24FN3. The molecule has 0 aliphatic rings. The van der Waals surface area contributed by atoms with Crippen molar-refractivity contribution in [3.63, 3.8) is 0 Å². The van der Waals surface area contributed by atoms with Gasteiger partial charge in [-0.3, -0.25) is 4.68 Å². The Kier molecular flexibility index (Phi) is 5.51. The van der Waals surface area contributed by atoms with Crippen molar-refractivity contribution in [3.05, 3.63) is 53.1 Å². The minimum absolute atomic E-state index is 0.0421. The molecule has 1 atom stereocenters. The van der Waals surface area contributed by atoms with Gasteiger partial charge in [-0.05, 0) is 50.4 Å². The zero-order valence-electron chi connectivity index (χ0n) is 13.1. The summed E-state index contributed by atoms with van der Waals surface area (Å²) in [6, 6.07) is 7.55. The third-order valence-electron chi connectivity index (χ3n) is 3.78. The first kappa shape index (κ1) is 15.7. The van der Waals surface area contributed by atoms with Crippen LogP contribution in [0.5, 0.6) is 0 Å². The monoisotopic (exact) mass is 289 g/mol. The van der Waals surface area contributed by atoms with Crippen molar-refractivity contribution in [2.75, 3.05) is 6.54 Å². The largest absolute Gasteiger partial charge is 0.310 e. The number of hydrogen-bond donors (Lipinski definition) is 1. The fourth-order valence-electron chi connectivity index (χ4n) is 2.54. The summed E-state index contributed by atoms with van der Waals surface area (Å²) in [5.41, 5.74) is 2.89. The quantitative estimate of drug-likeness (QED) is 0.845. The highest BCUT2D eigenvalue weighted by Crippen LogP contribution is 2.23. The minimum Gasteiger partial charge on any atom is -0.310 e. The summed E-state index contributed by atoms with van der Waals surface area (Å²) in [7, 11) is 1.94. The van der Waals surface area contributed by atoms with E-state index in [2.05, 4.69) is 17.3 Å². The van der Waals surface area contributed by atoms with Gasteiger partial charge in [0.25, 0.3) is 0 Å².